The molecule has 0 amide bonds. The van der Waals surface area contributed by atoms with Crippen LogP contribution in [0.5, 0.6) is 0 Å². The summed E-state index contributed by atoms with van der Waals surface area (Å²) in [5.41, 5.74) is 0.724. The van der Waals surface area contributed by atoms with Crippen molar-refractivity contribution in [2.45, 2.75) is 6.92 Å². The number of carboxylic acids is 1. The van der Waals surface area contributed by atoms with Gasteiger partial charge in [0.2, 0.25) is 0 Å². The summed E-state index contributed by atoms with van der Waals surface area (Å²) in [6, 6.07) is 1.50. The van der Waals surface area contributed by atoms with Crippen LogP contribution >= 0.6 is 11.3 Å². The molecule has 11 heavy (non-hydrogen) atoms. The number of thiophene rings is 1. The minimum Gasteiger partial charge on any atom is -0.477 e. The van der Waals surface area contributed by atoms with Crippen LogP contribution in [0, 0.1) is 6.92 Å². The quantitative estimate of drug-likeness (QED) is 0.685. The molecule has 0 unspecified atom stereocenters. The van der Waals surface area contributed by atoms with E-state index in [-0.39, 0.29) is 4.88 Å². The maximum Gasteiger partial charge on any atom is 0.345 e. The maximum atomic E-state index is 10.4. The predicted octanol–water partition coefficient (Wildman–Crippen LogP) is 1.57. The molecule has 0 bridgehead atoms. The molecule has 4 heteroatoms. The number of carbonyl (C=O) groups is 2. The molecule has 1 aromatic rings. The van der Waals surface area contributed by atoms with Gasteiger partial charge in [0.25, 0.3) is 0 Å². The monoisotopic (exact) mass is 170 g/mol. The third kappa shape index (κ3) is 1.46. The van der Waals surface area contributed by atoms with Gasteiger partial charge >= 0.3 is 5.97 Å². The Morgan fingerprint density at radius 1 is 1.73 bits per heavy atom. The standard InChI is InChI=1S/C7H6O3S/c1-4-2-5(7(9)10)11-6(4)3-8/h2-3H,1H3,(H,9,10). The number of aldehydes is 1. The zero-order valence-corrected chi connectivity index (χ0v) is 6.64. The van der Waals surface area contributed by atoms with E-state index in [0.717, 1.165) is 16.9 Å². The van der Waals surface area contributed by atoms with Crippen molar-refractivity contribution in [1.29, 1.82) is 0 Å². The molecule has 1 N–H and O–H groups in total. The van der Waals surface area contributed by atoms with E-state index in [1.807, 2.05) is 0 Å². The van der Waals surface area contributed by atoms with Gasteiger partial charge in [0, 0.05) is 0 Å². The van der Waals surface area contributed by atoms with Gasteiger partial charge in [0.15, 0.2) is 6.29 Å². The molecule has 0 aliphatic rings. The summed E-state index contributed by atoms with van der Waals surface area (Å²) in [6.07, 6.45) is 0.673. The van der Waals surface area contributed by atoms with Crippen molar-refractivity contribution < 1.29 is 14.7 Å². The van der Waals surface area contributed by atoms with E-state index in [0.29, 0.717) is 11.2 Å². The molecule has 1 rings (SSSR count). The first-order valence-corrected chi connectivity index (χ1v) is 3.75. The summed E-state index contributed by atoms with van der Waals surface area (Å²) < 4.78 is 0. The number of carbonyl (C=O) groups excluding carboxylic acids is 1. The fraction of sp³-hybridized carbons (Fsp3) is 0.143. The molecule has 0 aromatic carbocycles. The molecule has 3 nitrogen and oxygen atoms in total. The highest BCUT2D eigenvalue weighted by Gasteiger charge is 2.09. The van der Waals surface area contributed by atoms with E-state index >= 15 is 0 Å². The Labute approximate surface area is 67.3 Å². The number of hydrogen-bond acceptors (Lipinski definition) is 3. The summed E-state index contributed by atoms with van der Waals surface area (Å²) in [7, 11) is 0. The summed E-state index contributed by atoms with van der Waals surface area (Å²) >= 11 is 1.000. The van der Waals surface area contributed by atoms with Crippen molar-refractivity contribution in [3.05, 3.63) is 21.4 Å². The highest BCUT2D eigenvalue weighted by molar-refractivity contribution is 7.15. The van der Waals surface area contributed by atoms with E-state index in [4.69, 9.17) is 5.11 Å². The van der Waals surface area contributed by atoms with E-state index < -0.39 is 5.97 Å². The van der Waals surface area contributed by atoms with Crippen molar-refractivity contribution in [2.75, 3.05) is 0 Å². The second-order valence-corrected chi connectivity index (χ2v) is 3.16. The van der Waals surface area contributed by atoms with Gasteiger partial charge in [-0.3, -0.25) is 4.79 Å². The second-order valence-electron chi connectivity index (χ2n) is 2.08. The molecule has 0 aliphatic heterocycles. The fourth-order valence-corrected chi connectivity index (χ4v) is 1.55. The maximum absolute atomic E-state index is 10.4. The zero-order valence-electron chi connectivity index (χ0n) is 5.83. The first-order valence-electron chi connectivity index (χ1n) is 2.94. The molecule has 1 aromatic heterocycles. The Balaban J connectivity index is 3.14. The third-order valence-corrected chi connectivity index (χ3v) is 2.42. The average Bonchev–Trinajstić information content (AvgIpc) is 2.31. The molecule has 0 aliphatic carbocycles. The van der Waals surface area contributed by atoms with Crippen LogP contribution in [0.2, 0.25) is 0 Å². The van der Waals surface area contributed by atoms with Crippen molar-refractivity contribution in [1.82, 2.24) is 0 Å². The minimum absolute atomic E-state index is 0.213. The number of aromatic carboxylic acids is 1. The number of aryl methyl sites for hydroxylation is 1. The van der Waals surface area contributed by atoms with Gasteiger partial charge in [-0.2, -0.15) is 0 Å². The van der Waals surface area contributed by atoms with Gasteiger partial charge < -0.3 is 5.11 Å². The number of carboxylic acid groups (broad SMARTS) is 1. The Bertz CT molecular complexity index is 301. The number of hydrogen-bond donors (Lipinski definition) is 1. The van der Waals surface area contributed by atoms with Crippen LogP contribution in [0.4, 0.5) is 0 Å². The lowest BCUT2D eigenvalue weighted by Crippen LogP contribution is -1.89. The molecule has 0 saturated carbocycles. The van der Waals surface area contributed by atoms with Crippen LogP contribution in [-0.2, 0) is 0 Å². The van der Waals surface area contributed by atoms with Gasteiger partial charge in [0.05, 0.1) is 4.88 Å². The van der Waals surface area contributed by atoms with Gasteiger partial charge in [0.1, 0.15) is 4.88 Å². The van der Waals surface area contributed by atoms with Crippen LogP contribution < -0.4 is 0 Å². The van der Waals surface area contributed by atoms with Crippen LogP contribution in [0.3, 0.4) is 0 Å². The summed E-state index contributed by atoms with van der Waals surface area (Å²) in [5.74, 6) is -0.980. The Morgan fingerprint density at radius 2 is 2.36 bits per heavy atom. The fourth-order valence-electron chi connectivity index (χ4n) is 0.719. The van der Waals surface area contributed by atoms with Crippen LogP contribution in [0.15, 0.2) is 6.07 Å². The highest BCUT2D eigenvalue weighted by Crippen LogP contribution is 2.19. The highest BCUT2D eigenvalue weighted by atomic mass is 32.1. The second kappa shape index (κ2) is 2.84. The average molecular weight is 170 g/mol. The van der Waals surface area contributed by atoms with E-state index in [1.54, 1.807) is 6.92 Å². The largest absolute Gasteiger partial charge is 0.477 e. The molecular weight excluding hydrogens is 164 g/mol. The van der Waals surface area contributed by atoms with Crippen molar-refractivity contribution in [3.63, 3.8) is 0 Å². The van der Waals surface area contributed by atoms with Crippen LogP contribution in [-0.4, -0.2) is 17.4 Å². The van der Waals surface area contributed by atoms with Gasteiger partial charge in [-0.1, -0.05) is 0 Å². The summed E-state index contributed by atoms with van der Waals surface area (Å²) in [5, 5.41) is 8.51. The first-order chi connectivity index (χ1) is 5.15. The molecular formula is C7H6O3S. The van der Waals surface area contributed by atoms with Gasteiger partial charge in [-0.05, 0) is 18.6 Å². The molecule has 0 radical (unpaired) electrons. The topological polar surface area (TPSA) is 54.4 Å². The van der Waals surface area contributed by atoms with Crippen LogP contribution in [0.1, 0.15) is 24.9 Å². The molecule has 0 saturated heterocycles. The van der Waals surface area contributed by atoms with Gasteiger partial charge in [-0.15, -0.1) is 11.3 Å². The molecule has 58 valence electrons. The Morgan fingerprint density at radius 3 is 2.64 bits per heavy atom. The normalized spacial score (nSPS) is 9.55. The van der Waals surface area contributed by atoms with E-state index in [2.05, 4.69) is 0 Å². The summed E-state index contributed by atoms with van der Waals surface area (Å²) in [6.45, 7) is 1.71. The summed E-state index contributed by atoms with van der Waals surface area (Å²) in [4.78, 5) is 21.4. The molecule has 0 atom stereocenters. The molecule has 0 spiro atoms. The first kappa shape index (κ1) is 7.94. The SMILES string of the molecule is Cc1cc(C(=O)O)sc1C=O. The van der Waals surface area contributed by atoms with Gasteiger partial charge in [-0.25, -0.2) is 4.79 Å². The zero-order chi connectivity index (χ0) is 8.43. The lowest BCUT2D eigenvalue weighted by Gasteiger charge is -1.79. The molecule has 1 heterocycles. The lowest BCUT2D eigenvalue weighted by molar-refractivity contribution is 0.0702. The third-order valence-electron chi connectivity index (χ3n) is 1.27. The van der Waals surface area contributed by atoms with Crippen molar-refractivity contribution in [3.8, 4) is 0 Å². The Hall–Kier alpha value is -1.16. The lowest BCUT2D eigenvalue weighted by atomic mass is 10.3. The minimum atomic E-state index is -0.980. The number of rotatable bonds is 2. The van der Waals surface area contributed by atoms with Crippen molar-refractivity contribution >= 4 is 23.6 Å². The Kier molecular flexibility index (Phi) is 2.05. The molecule has 0 fully saturated rings. The van der Waals surface area contributed by atoms with E-state index in [1.165, 1.54) is 6.07 Å². The van der Waals surface area contributed by atoms with E-state index in [9.17, 15) is 9.59 Å². The smallest absolute Gasteiger partial charge is 0.345 e. The van der Waals surface area contributed by atoms with Crippen molar-refractivity contribution in [2.24, 2.45) is 0 Å². The predicted molar refractivity (Wildman–Crippen MR) is 41.4 cm³/mol. The van der Waals surface area contributed by atoms with Crippen LogP contribution in [0.25, 0.3) is 0 Å².